The summed E-state index contributed by atoms with van der Waals surface area (Å²) < 4.78 is 0. The Labute approximate surface area is 107 Å². The standard InChI is InChI=1S/C13H15N3.ClH/c1-4-8-16(9-5-1)13-11-6-2-3-7-12(11)14-10-15-13;/h2-3,6-7,10H,1,4-5,8-9H2;1H/p-1. The van der Waals surface area contributed by atoms with Crippen LogP contribution in [0.3, 0.4) is 0 Å². The van der Waals surface area contributed by atoms with E-state index in [0.717, 1.165) is 24.4 Å². The minimum absolute atomic E-state index is 0. The first kappa shape index (κ1) is 12.1. The molecule has 4 heteroatoms. The second-order valence-corrected chi connectivity index (χ2v) is 4.26. The van der Waals surface area contributed by atoms with Crippen LogP contribution >= 0.6 is 0 Å². The molecule has 1 aliphatic heterocycles. The fraction of sp³-hybridized carbons (Fsp3) is 0.385. The van der Waals surface area contributed by atoms with Gasteiger partial charge in [-0.1, -0.05) is 12.1 Å². The van der Waals surface area contributed by atoms with Gasteiger partial charge in [0.05, 0.1) is 5.52 Å². The topological polar surface area (TPSA) is 29.0 Å². The first-order valence-corrected chi connectivity index (χ1v) is 5.90. The number of rotatable bonds is 1. The van der Waals surface area contributed by atoms with Crippen LogP contribution in [0.1, 0.15) is 19.3 Å². The van der Waals surface area contributed by atoms with Gasteiger partial charge in [0, 0.05) is 18.5 Å². The number of benzene rings is 1. The summed E-state index contributed by atoms with van der Waals surface area (Å²) in [5.74, 6) is 1.10. The molecular formula is C13H15ClN3-. The van der Waals surface area contributed by atoms with E-state index in [4.69, 9.17) is 0 Å². The van der Waals surface area contributed by atoms with Gasteiger partial charge in [-0.3, -0.25) is 0 Å². The summed E-state index contributed by atoms with van der Waals surface area (Å²) in [6.07, 6.45) is 5.57. The molecule has 0 N–H and O–H groups in total. The van der Waals surface area contributed by atoms with Crippen LogP contribution < -0.4 is 17.3 Å². The van der Waals surface area contributed by atoms with Gasteiger partial charge in [-0.2, -0.15) is 0 Å². The average Bonchev–Trinajstić information content (AvgIpc) is 2.39. The normalized spacial score (nSPS) is 15.6. The fourth-order valence-electron chi connectivity index (χ4n) is 2.35. The minimum Gasteiger partial charge on any atom is -1.00 e. The van der Waals surface area contributed by atoms with Crippen LogP contribution in [0.15, 0.2) is 30.6 Å². The predicted octanol–water partition coefficient (Wildman–Crippen LogP) is -0.376. The Kier molecular flexibility index (Phi) is 3.79. The SMILES string of the molecule is [Cl-].c1ccc2c(N3CCCCC3)ncnc2c1. The van der Waals surface area contributed by atoms with Gasteiger partial charge in [-0.05, 0) is 31.4 Å². The molecular weight excluding hydrogens is 234 g/mol. The van der Waals surface area contributed by atoms with E-state index in [0.29, 0.717) is 0 Å². The second-order valence-electron chi connectivity index (χ2n) is 4.26. The number of halogens is 1. The molecule has 0 amide bonds. The number of para-hydroxylation sites is 1. The fourth-order valence-corrected chi connectivity index (χ4v) is 2.35. The Balaban J connectivity index is 0.00000108. The zero-order chi connectivity index (χ0) is 10.8. The Morgan fingerprint density at radius 1 is 0.941 bits per heavy atom. The molecule has 1 aromatic heterocycles. The van der Waals surface area contributed by atoms with Crippen molar-refractivity contribution in [1.82, 2.24) is 9.97 Å². The van der Waals surface area contributed by atoms with Crippen LogP contribution in [0.5, 0.6) is 0 Å². The molecule has 0 unspecified atom stereocenters. The quantitative estimate of drug-likeness (QED) is 0.689. The monoisotopic (exact) mass is 248 g/mol. The third-order valence-corrected chi connectivity index (χ3v) is 3.18. The highest BCUT2D eigenvalue weighted by molar-refractivity contribution is 5.89. The summed E-state index contributed by atoms with van der Waals surface area (Å²) in [7, 11) is 0. The second kappa shape index (κ2) is 5.32. The maximum atomic E-state index is 4.45. The summed E-state index contributed by atoms with van der Waals surface area (Å²) in [4.78, 5) is 11.1. The zero-order valence-corrected chi connectivity index (χ0v) is 10.4. The van der Waals surface area contributed by atoms with Gasteiger partial charge < -0.3 is 17.3 Å². The third kappa shape index (κ3) is 2.34. The van der Waals surface area contributed by atoms with Crippen molar-refractivity contribution in [3.05, 3.63) is 30.6 Å². The minimum atomic E-state index is 0. The Morgan fingerprint density at radius 2 is 1.71 bits per heavy atom. The molecule has 0 spiro atoms. The molecule has 3 nitrogen and oxygen atoms in total. The highest BCUT2D eigenvalue weighted by atomic mass is 35.5. The molecule has 1 fully saturated rings. The van der Waals surface area contributed by atoms with E-state index in [1.807, 2.05) is 12.1 Å². The number of anilines is 1. The summed E-state index contributed by atoms with van der Waals surface area (Å²) in [6.45, 7) is 2.25. The Bertz CT molecular complexity index is 489. The lowest BCUT2D eigenvalue weighted by Gasteiger charge is -2.28. The van der Waals surface area contributed by atoms with Gasteiger partial charge in [0.1, 0.15) is 12.1 Å². The maximum absolute atomic E-state index is 4.45. The first-order valence-electron chi connectivity index (χ1n) is 5.90. The van der Waals surface area contributed by atoms with Crippen molar-refractivity contribution in [2.45, 2.75) is 19.3 Å². The summed E-state index contributed by atoms with van der Waals surface area (Å²) in [6, 6.07) is 8.23. The number of fused-ring (bicyclic) bond motifs is 1. The molecule has 0 aliphatic carbocycles. The highest BCUT2D eigenvalue weighted by Gasteiger charge is 2.14. The predicted molar refractivity (Wildman–Crippen MR) is 65.6 cm³/mol. The lowest BCUT2D eigenvalue weighted by Crippen LogP contribution is -3.00. The number of hydrogen-bond acceptors (Lipinski definition) is 3. The van der Waals surface area contributed by atoms with Crippen LogP contribution in [0.25, 0.3) is 10.9 Å². The smallest absolute Gasteiger partial charge is 0.139 e. The van der Waals surface area contributed by atoms with E-state index in [9.17, 15) is 0 Å². The number of piperidine rings is 1. The molecule has 1 aliphatic rings. The molecule has 0 bridgehead atoms. The van der Waals surface area contributed by atoms with Crippen molar-refractivity contribution >= 4 is 16.7 Å². The maximum Gasteiger partial charge on any atom is 0.139 e. The van der Waals surface area contributed by atoms with Crippen LogP contribution in [-0.4, -0.2) is 23.1 Å². The van der Waals surface area contributed by atoms with Gasteiger partial charge in [0.2, 0.25) is 0 Å². The van der Waals surface area contributed by atoms with Crippen molar-refractivity contribution < 1.29 is 12.4 Å². The van der Waals surface area contributed by atoms with Gasteiger partial charge >= 0.3 is 0 Å². The molecule has 0 radical (unpaired) electrons. The molecule has 17 heavy (non-hydrogen) atoms. The molecule has 90 valence electrons. The molecule has 3 rings (SSSR count). The lowest BCUT2D eigenvalue weighted by molar-refractivity contribution is -0.00000331. The van der Waals surface area contributed by atoms with Crippen molar-refractivity contribution in [3.63, 3.8) is 0 Å². The van der Waals surface area contributed by atoms with Gasteiger partial charge in [-0.15, -0.1) is 0 Å². The molecule has 0 atom stereocenters. The van der Waals surface area contributed by atoms with Gasteiger partial charge in [0.15, 0.2) is 0 Å². The third-order valence-electron chi connectivity index (χ3n) is 3.18. The van der Waals surface area contributed by atoms with Crippen LogP contribution in [0, 0.1) is 0 Å². The summed E-state index contributed by atoms with van der Waals surface area (Å²) in [5.41, 5.74) is 1.04. The van der Waals surface area contributed by atoms with Gasteiger partial charge in [0.25, 0.3) is 0 Å². The summed E-state index contributed by atoms with van der Waals surface area (Å²) >= 11 is 0. The molecule has 1 aromatic carbocycles. The van der Waals surface area contributed by atoms with Crippen LogP contribution in [0.2, 0.25) is 0 Å². The average molecular weight is 249 g/mol. The van der Waals surface area contributed by atoms with Crippen molar-refractivity contribution in [1.29, 1.82) is 0 Å². The van der Waals surface area contributed by atoms with Gasteiger partial charge in [-0.25, -0.2) is 9.97 Å². The first-order chi connectivity index (χ1) is 7.95. The largest absolute Gasteiger partial charge is 1.00 e. The number of aromatic nitrogens is 2. The van der Waals surface area contributed by atoms with Crippen LogP contribution in [0.4, 0.5) is 5.82 Å². The summed E-state index contributed by atoms with van der Waals surface area (Å²) in [5, 5.41) is 1.17. The van der Waals surface area contributed by atoms with E-state index in [-0.39, 0.29) is 12.4 Å². The van der Waals surface area contributed by atoms with E-state index < -0.39 is 0 Å². The Morgan fingerprint density at radius 3 is 2.53 bits per heavy atom. The van der Waals surface area contributed by atoms with E-state index >= 15 is 0 Å². The Hall–Kier alpha value is -1.35. The lowest BCUT2D eigenvalue weighted by atomic mass is 10.1. The van der Waals surface area contributed by atoms with Crippen molar-refractivity contribution in [2.75, 3.05) is 18.0 Å². The van der Waals surface area contributed by atoms with Crippen molar-refractivity contribution in [3.8, 4) is 0 Å². The van der Waals surface area contributed by atoms with E-state index in [1.54, 1.807) is 6.33 Å². The highest BCUT2D eigenvalue weighted by Crippen LogP contribution is 2.24. The molecule has 2 aromatic rings. The number of hydrogen-bond donors (Lipinski definition) is 0. The van der Waals surface area contributed by atoms with Crippen LogP contribution in [-0.2, 0) is 0 Å². The van der Waals surface area contributed by atoms with E-state index in [2.05, 4.69) is 27.0 Å². The number of nitrogens with zero attached hydrogens (tertiary/aromatic N) is 3. The molecule has 0 saturated carbocycles. The molecule has 2 heterocycles. The zero-order valence-electron chi connectivity index (χ0n) is 9.64. The van der Waals surface area contributed by atoms with Crippen molar-refractivity contribution in [2.24, 2.45) is 0 Å². The van der Waals surface area contributed by atoms with E-state index in [1.165, 1.54) is 24.6 Å². The molecule has 1 saturated heterocycles.